The van der Waals surface area contributed by atoms with Crippen molar-refractivity contribution < 1.29 is 24.0 Å². The van der Waals surface area contributed by atoms with Gasteiger partial charge in [-0.15, -0.1) is 0 Å². The predicted octanol–water partition coefficient (Wildman–Crippen LogP) is 5.38. The van der Waals surface area contributed by atoms with Crippen LogP contribution in [-0.4, -0.2) is 45.6 Å². The van der Waals surface area contributed by atoms with Crippen LogP contribution in [0.5, 0.6) is 11.5 Å². The summed E-state index contributed by atoms with van der Waals surface area (Å²) in [6.45, 7) is 3.88. The molecule has 6 nitrogen and oxygen atoms in total. The second-order valence-corrected chi connectivity index (χ2v) is 11.3. The molecular weight excluding hydrogens is 452 g/mol. The Hall–Kier alpha value is -2.83. The topological polar surface area (TPSA) is 75.7 Å². The SMILES string of the molecule is Oc1cccc(O[C@H]2C[N+]3(Cc4cc([C@](O)(c5ccccc5)C5CCCCC5)no4)CCC2CC3)c1. The summed E-state index contributed by atoms with van der Waals surface area (Å²) in [5, 5.41) is 26.5. The van der Waals surface area contributed by atoms with Gasteiger partial charge in [0.1, 0.15) is 35.9 Å². The average Bonchev–Trinajstić information content (AvgIpc) is 3.38. The first-order valence-electron chi connectivity index (χ1n) is 13.6. The van der Waals surface area contributed by atoms with Gasteiger partial charge in [0.15, 0.2) is 11.9 Å². The number of aromatic nitrogens is 1. The number of phenolic OH excluding ortho intramolecular Hbond substituents is 1. The molecule has 0 radical (unpaired) electrons. The van der Waals surface area contributed by atoms with Gasteiger partial charge in [0.05, 0.1) is 13.1 Å². The van der Waals surface area contributed by atoms with Crippen molar-refractivity contribution in [2.24, 2.45) is 11.8 Å². The van der Waals surface area contributed by atoms with Gasteiger partial charge < -0.3 is 24.0 Å². The van der Waals surface area contributed by atoms with Crippen molar-refractivity contribution in [3.63, 3.8) is 0 Å². The van der Waals surface area contributed by atoms with Crippen molar-refractivity contribution >= 4 is 0 Å². The number of aliphatic hydroxyl groups is 1. The molecule has 4 fully saturated rings. The van der Waals surface area contributed by atoms with E-state index in [0.29, 0.717) is 11.6 Å². The molecule has 4 heterocycles. The number of nitrogens with zero attached hydrogens (tertiary/aromatic N) is 2. The molecule has 3 aromatic rings. The molecule has 0 unspecified atom stereocenters. The summed E-state index contributed by atoms with van der Waals surface area (Å²) >= 11 is 0. The van der Waals surface area contributed by atoms with Crippen LogP contribution in [0, 0.1) is 11.8 Å². The molecule has 1 aliphatic carbocycles. The van der Waals surface area contributed by atoms with Gasteiger partial charge in [-0.2, -0.15) is 0 Å². The molecule has 3 aliphatic heterocycles. The van der Waals surface area contributed by atoms with Crippen LogP contribution < -0.4 is 4.74 Å². The van der Waals surface area contributed by atoms with Crippen LogP contribution in [0.3, 0.4) is 0 Å². The third-order valence-corrected chi connectivity index (χ3v) is 9.00. The number of ether oxygens (including phenoxy) is 1. The molecule has 2 atom stereocenters. The van der Waals surface area contributed by atoms with Crippen molar-refractivity contribution in [2.75, 3.05) is 19.6 Å². The minimum atomic E-state index is -1.13. The van der Waals surface area contributed by atoms with E-state index >= 15 is 0 Å². The molecular formula is C30H37N2O4+. The number of hydrogen-bond donors (Lipinski definition) is 2. The first kappa shape index (κ1) is 23.6. The van der Waals surface area contributed by atoms with E-state index in [2.05, 4.69) is 5.16 Å². The van der Waals surface area contributed by atoms with Gasteiger partial charge in [0.25, 0.3) is 0 Å². The largest absolute Gasteiger partial charge is 0.508 e. The van der Waals surface area contributed by atoms with E-state index in [-0.39, 0.29) is 17.8 Å². The zero-order chi connectivity index (χ0) is 24.6. The standard InChI is InChI=1S/C30H36N2O4/c33-25-12-7-13-26(18-25)35-28-21-32(16-14-22(28)15-17-32)20-27-19-29(31-36-27)30(34,23-8-3-1-4-9-23)24-10-5-2-6-11-24/h1,3-4,7-9,12-13,18-19,22,24,28,34H,2,5-6,10-11,14-17,20-21H2/p+1/t22?,28-,30-,32?/m0/s1. The van der Waals surface area contributed by atoms with Crippen LogP contribution in [0.25, 0.3) is 0 Å². The molecule has 2 bridgehead atoms. The molecule has 2 aromatic carbocycles. The number of piperidine rings is 3. The fourth-order valence-electron chi connectivity index (χ4n) is 7.01. The lowest BCUT2D eigenvalue weighted by Crippen LogP contribution is -2.64. The van der Waals surface area contributed by atoms with Crippen molar-refractivity contribution in [3.05, 3.63) is 77.7 Å². The van der Waals surface area contributed by atoms with Crippen molar-refractivity contribution in [3.8, 4) is 11.5 Å². The van der Waals surface area contributed by atoms with Gasteiger partial charge in [-0.25, -0.2) is 0 Å². The summed E-state index contributed by atoms with van der Waals surface area (Å²) in [5.74, 6) is 2.49. The summed E-state index contributed by atoms with van der Waals surface area (Å²) in [6, 6.07) is 19.1. The molecule has 4 aliphatic rings. The lowest BCUT2D eigenvalue weighted by atomic mass is 9.71. The van der Waals surface area contributed by atoms with Crippen LogP contribution in [0.15, 0.2) is 65.2 Å². The van der Waals surface area contributed by atoms with Gasteiger partial charge in [0.2, 0.25) is 0 Å². The highest BCUT2D eigenvalue weighted by Crippen LogP contribution is 2.44. The Morgan fingerprint density at radius 1 is 0.944 bits per heavy atom. The number of fused-ring (bicyclic) bond motifs is 3. The Kier molecular flexibility index (Phi) is 6.26. The summed E-state index contributed by atoms with van der Waals surface area (Å²) in [5.41, 5.74) is 0.426. The maximum Gasteiger partial charge on any atom is 0.191 e. The van der Waals surface area contributed by atoms with Crippen LogP contribution >= 0.6 is 0 Å². The van der Waals surface area contributed by atoms with Crippen LogP contribution in [0.2, 0.25) is 0 Å². The van der Waals surface area contributed by atoms with E-state index < -0.39 is 5.60 Å². The maximum atomic E-state index is 12.2. The summed E-state index contributed by atoms with van der Waals surface area (Å²) in [6.07, 6.45) is 7.91. The molecule has 0 amide bonds. The van der Waals surface area contributed by atoms with Crippen molar-refractivity contribution in [1.29, 1.82) is 0 Å². The number of benzene rings is 2. The molecule has 7 rings (SSSR count). The molecule has 3 saturated heterocycles. The molecule has 6 heteroatoms. The van der Waals surface area contributed by atoms with Crippen LogP contribution in [-0.2, 0) is 12.1 Å². The molecule has 1 aromatic heterocycles. The Labute approximate surface area is 213 Å². The zero-order valence-corrected chi connectivity index (χ0v) is 20.9. The second kappa shape index (κ2) is 9.56. The van der Waals surface area contributed by atoms with E-state index in [1.54, 1.807) is 12.1 Å². The predicted molar refractivity (Wildman–Crippen MR) is 136 cm³/mol. The van der Waals surface area contributed by atoms with Gasteiger partial charge >= 0.3 is 0 Å². The maximum absolute atomic E-state index is 12.2. The first-order chi connectivity index (χ1) is 17.5. The van der Waals surface area contributed by atoms with Gasteiger partial charge in [-0.1, -0.05) is 60.8 Å². The van der Waals surface area contributed by atoms with E-state index in [1.807, 2.05) is 48.5 Å². The van der Waals surface area contributed by atoms with Gasteiger partial charge in [0, 0.05) is 30.9 Å². The highest BCUT2D eigenvalue weighted by atomic mass is 16.5. The number of phenols is 1. The first-order valence-corrected chi connectivity index (χ1v) is 13.6. The lowest BCUT2D eigenvalue weighted by molar-refractivity contribution is -0.959. The monoisotopic (exact) mass is 489 g/mol. The Bertz CT molecular complexity index is 1160. The van der Waals surface area contributed by atoms with Gasteiger partial charge in [-0.3, -0.25) is 0 Å². The van der Waals surface area contributed by atoms with E-state index in [1.165, 1.54) is 6.42 Å². The van der Waals surface area contributed by atoms with Gasteiger partial charge in [-0.05, 0) is 36.5 Å². The fraction of sp³-hybridized carbons (Fsp3) is 0.500. The Morgan fingerprint density at radius 2 is 1.72 bits per heavy atom. The van der Waals surface area contributed by atoms with E-state index in [4.69, 9.17) is 9.26 Å². The highest BCUT2D eigenvalue weighted by Gasteiger charge is 2.48. The van der Waals surface area contributed by atoms with Crippen molar-refractivity contribution in [2.45, 2.75) is 63.2 Å². The molecule has 36 heavy (non-hydrogen) atoms. The summed E-state index contributed by atoms with van der Waals surface area (Å²) in [7, 11) is 0. The second-order valence-electron chi connectivity index (χ2n) is 11.3. The fourth-order valence-corrected chi connectivity index (χ4v) is 7.01. The van der Waals surface area contributed by atoms with E-state index in [9.17, 15) is 10.2 Å². The number of hydrogen-bond acceptors (Lipinski definition) is 5. The number of rotatable bonds is 7. The minimum Gasteiger partial charge on any atom is -0.508 e. The zero-order valence-electron chi connectivity index (χ0n) is 20.9. The van der Waals surface area contributed by atoms with Crippen LogP contribution in [0.4, 0.5) is 0 Å². The molecule has 2 N–H and O–H groups in total. The number of aromatic hydroxyl groups is 1. The minimum absolute atomic E-state index is 0.125. The number of quaternary nitrogens is 1. The molecule has 0 spiro atoms. The smallest absolute Gasteiger partial charge is 0.191 e. The Balaban J connectivity index is 1.23. The van der Waals surface area contributed by atoms with Crippen LogP contribution in [0.1, 0.15) is 62.0 Å². The summed E-state index contributed by atoms with van der Waals surface area (Å²) in [4.78, 5) is 0. The average molecular weight is 490 g/mol. The lowest BCUT2D eigenvalue weighted by Gasteiger charge is -2.51. The third kappa shape index (κ3) is 4.41. The Morgan fingerprint density at radius 3 is 2.47 bits per heavy atom. The molecule has 190 valence electrons. The third-order valence-electron chi connectivity index (χ3n) is 9.00. The van der Waals surface area contributed by atoms with E-state index in [0.717, 1.165) is 86.3 Å². The normalized spacial score (nSPS) is 28.0. The highest BCUT2D eigenvalue weighted by molar-refractivity contribution is 5.34. The van der Waals surface area contributed by atoms with Crippen molar-refractivity contribution in [1.82, 2.24) is 5.16 Å². The molecule has 1 saturated carbocycles. The quantitative estimate of drug-likeness (QED) is 0.436. The summed E-state index contributed by atoms with van der Waals surface area (Å²) < 4.78 is 13.2.